The third kappa shape index (κ3) is 5.50. The third-order valence-electron chi connectivity index (χ3n) is 3.22. The molecule has 4 nitrogen and oxygen atoms in total. The number of rotatable bonds is 6. The topological polar surface area (TPSA) is 38.8 Å². The van der Waals surface area contributed by atoms with Gasteiger partial charge in [0.25, 0.3) is 0 Å². The SMILES string of the molecule is COC(=O)CCCN(C)CC1CCC(C)(C)O1. The molecule has 0 spiro atoms. The Morgan fingerprint density at radius 3 is 2.76 bits per heavy atom. The van der Waals surface area contributed by atoms with Crippen LogP contribution in [0.25, 0.3) is 0 Å². The van der Waals surface area contributed by atoms with Gasteiger partial charge in [-0.1, -0.05) is 0 Å². The molecule has 100 valence electrons. The van der Waals surface area contributed by atoms with Gasteiger partial charge in [0.05, 0.1) is 18.8 Å². The molecule has 1 aliphatic rings. The zero-order valence-corrected chi connectivity index (χ0v) is 11.5. The van der Waals surface area contributed by atoms with Gasteiger partial charge in [-0.05, 0) is 46.7 Å². The summed E-state index contributed by atoms with van der Waals surface area (Å²) in [6, 6.07) is 0. The van der Waals surface area contributed by atoms with E-state index in [1.54, 1.807) is 0 Å². The third-order valence-corrected chi connectivity index (χ3v) is 3.22. The van der Waals surface area contributed by atoms with Crippen molar-refractivity contribution in [2.45, 2.75) is 51.2 Å². The summed E-state index contributed by atoms with van der Waals surface area (Å²) < 4.78 is 10.5. The predicted octanol–water partition coefficient (Wildman–Crippen LogP) is 1.83. The molecule has 1 atom stereocenters. The Morgan fingerprint density at radius 1 is 1.53 bits per heavy atom. The van der Waals surface area contributed by atoms with Gasteiger partial charge in [-0.25, -0.2) is 0 Å². The summed E-state index contributed by atoms with van der Waals surface area (Å²) in [7, 11) is 3.51. The van der Waals surface area contributed by atoms with Crippen molar-refractivity contribution in [3.63, 3.8) is 0 Å². The van der Waals surface area contributed by atoms with Crippen molar-refractivity contribution in [3.05, 3.63) is 0 Å². The second-order valence-corrected chi connectivity index (χ2v) is 5.48. The molecule has 0 bridgehead atoms. The van der Waals surface area contributed by atoms with Crippen LogP contribution in [-0.2, 0) is 14.3 Å². The Hall–Kier alpha value is -0.610. The zero-order valence-electron chi connectivity index (χ0n) is 11.5. The normalized spacial score (nSPS) is 23.0. The van der Waals surface area contributed by atoms with E-state index in [4.69, 9.17) is 4.74 Å². The second-order valence-electron chi connectivity index (χ2n) is 5.48. The average molecular weight is 243 g/mol. The quantitative estimate of drug-likeness (QED) is 0.667. The number of methoxy groups -OCH3 is 1. The highest BCUT2D eigenvalue weighted by atomic mass is 16.5. The molecular formula is C13H25NO3. The van der Waals surface area contributed by atoms with Gasteiger partial charge < -0.3 is 14.4 Å². The molecule has 0 aliphatic carbocycles. The number of carbonyl (C=O) groups is 1. The lowest BCUT2D eigenvalue weighted by molar-refractivity contribution is -0.140. The number of esters is 1. The van der Waals surface area contributed by atoms with E-state index in [1.165, 1.54) is 7.11 Å². The summed E-state index contributed by atoms with van der Waals surface area (Å²) >= 11 is 0. The fourth-order valence-corrected chi connectivity index (χ4v) is 2.24. The van der Waals surface area contributed by atoms with Crippen molar-refractivity contribution in [2.24, 2.45) is 0 Å². The summed E-state index contributed by atoms with van der Waals surface area (Å²) in [6.45, 7) is 6.15. The Morgan fingerprint density at radius 2 is 2.24 bits per heavy atom. The number of hydrogen-bond donors (Lipinski definition) is 0. The highest BCUT2D eigenvalue weighted by Gasteiger charge is 2.31. The Bertz CT molecular complexity index is 253. The molecule has 0 N–H and O–H groups in total. The van der Waals surface area contributed by atoms with Gasteiger partial charge in [-0.2, -0.15) is 0 Å². The van der Waals surface area contributed by atoms with Gasteiger partial charge in [0.1, 0.15) is 0 Å². The molecule has 1 fully saturated rings. The molecule has 0 saturated carbocycles. The molecule has 4 heteroatoms. The van der Waals surface area contributed by atoms with Crippen LogP contribution >= 0.6 is 0 Å². The average Bonchev–Trinajstić information content (AvgIpc) is 2.57. The number of hydrogen-bond acceptors (Lipinski definition) is 4. The van der Waals surface area contributed by atoms with Crippen molar-refractivity contribution in [2.75, 3.05) is 27.2 Å². The van der Waals surface area contributed by atoms with Crippen LogP contribution in [0.3, 0.4) is 0 Å². The van der Waals surface area contributed by atoms with Gasteiger partial charge >= 0.3 is 5.97 Å². The largest absolute Gasteiger partial charge is 0.469 e. The van der Waals surface area contributed by atoms with Crippen LogP contribution in [-0.4, -0.2) is 49.8 Å². The number of nitrogens with zero attached hydrogens (tertiary/aromatic N) is 1. The van der Waals surface area contributed by atoms with Crippen LogP contribution < -0.4 is 0 Å². The summed E-state index contributed by atoms with van der Waals surface area (Å²) in [5.41, 5.74) is 0.0392. The minimum absolute atomic E-state index is 0.0392. The summed E-state index contributed by atoms with van der Waals surface area (Å²) in [4.78, 5) is 13.2. The van der Waals surface area contributed by atoms with E-state index in [0.29, 0.717) is 12.5 Å². The van der Waals surface area contributed by atoms with Crippen LogP contribution in [0.2, 0.25) is 0 Å². The first kappa shape index (κ1) is 14.5. The first-order valence-electron chi connectivity index (χ1n) is 6.36. The Labute approximate surface area is 104 Å². The van der Waals surface area contributed by atoms with Crippen molar-refractivity contribution < 1.29 is 14.3 Å². The lowest BCUT2D eigenvalue weighted by Gasteiger charge is -2.23. The van der Waals surface area contributed by atoms with Crippen molar-refractivity contribution in [1.29, 1.82) is 0 Å². The fourth-order valence-electron chi connectivity index (χ4n) is 2.24. The molecule has 1 unspecified atom stereocenters. The van der Waals surface area contributed by atoms with Gasteiger partial charge in [0, 0.05) is 13.0 Å². The predicted molar refractivity (Wildman–Crippen MR) is 66.9 cm³/mol. The number of ether oxygens (including phenoxy) is 2. The molecule has 1 saturated heterocycles. The summed E-state index contributed by atoms with van der Waals surface area (Å²) in [5, 5.41) is 0. The lowest BCUT2D eigenvalue weighted by atomic mass is 10.1. The molecule has 0 radical (unpaired) electrons. The summed E-state index contributed by atoms with van der Waals surface area (Å²) in [6.07, 6.45) is 3.95. The monoisotopic (exact) mass is 243 g/mol. The Kier molecular flexibility index (Phi) is 5.40. The molecular weight excluding hydrogens is 218 g/mol. The maximum Gasteiger partial charge on any atom is 0.305 e. The van der Waals surface area contributed by atoms with Gasteiger partial charge in [-0.3, -0.25) is 4.79 Å². The standard InChI is InChI=1S/C13H25NO3/c1-13(2)8-7-11(17-13)10-14(3)9-5-6-12(15)16-4/h11H,5-10H2,1-4H3. The second kappa shape index (κ2) is 6.36. The molecule has 1 aliphatic heterocycles. The molecule has 1 rings (SSSR count). The smallest absolute Gasteiger partial charge is 0.305 e. The molecule has 0 aromatic rings. The van der Waals surface area contributed by atoms with Crippen molar-refractivity contribution in [3.8, 4) is 0 Å². The fraction of sp³-hybridized carbons (Fsp3) is 0.923. The molecule has 0 aromatic carbocycles. The van der Waals surface area contributed by atoms with Gasteiger partial charge in [-0.15, -0.1) is 0 Å². The van der Waals surface area contributed by atoms with Gasteiger partial charge in [0.15, 0.2) is 0 Å². The van der Waals surface area contributed by atoms with E-state index in [-0.39, 0.29) is 11.6 Å². The van der Waals surface area contributed by atoms with Crippen molar-refractivity contribution >= 4 is 5.97 Å². The molecule has 0 amide bonds. The minimum Gasteiger partial charge on any atom is -0.469 e. The molecule has 1 heterocycles. The maximum absolute atomic E-state index is 11.0. The van der Waals surface area contributed by atoms with E-state index < -0.39 is 0 Å². The van der Waals surface area contributed by atoms with Gasteiger partial charge in [0.2, 0.25) is 0 Å². The zero-order chi connectivity index (χ0) is 12.9. The number of carbonyl (C=O) groups excluding carboxylic acids is 1. The number of likely N-dealkylation sites (N-methyl/N-ethyl adjacent to an activating group) is 1. The van der Waals surface area contributed by atoms with Crippen LogP contribution in [0.5, 0.6) is 0 Å². The highest BCUT2D eigenvalue weighted by Crippen LogP contribution is 2.29. The van der Waals surface area contributed by atoms with Crippen LogP contribution in [0.1, 0.15) is 39.5 Å². The van der Waals surface area contributed by atoms with E-state index >= 15 is 0 Å². The highest BCUT2D eigenvalue weighted by molar-refractivity contribution is 5.69. The first-order valence-corrected chi connectivity index (χ1v) is 6.36. The van der Waals surface area contributed by atoms with Crippen LogP contribution in [0, 0.1) is 0 Å². The summed E-state index contributed by atoms with van der Waals surface area (Å²) in [5.74, 6) is -0.128. The van der Waals surface area contributed by atoms with Crippen LogP contribution in [0.15, 0.2) is 0 Å². The van der Waals surface area contributed by atoms with E-state index in [2.05, 4.69) is 30.5 Å². The first-order chi connectivity index (χ1) is 7.93. The van der Waals surface area contributed by atoms with E-state index in [9.17, 15) is 4.79 Å². The minimum atomic E-state index is -0.128. The van der Waals surface area contributed by atoms with Crippen molar-refractivity contribution in [1.82, 2.24) is 4.90 Å². The lowest BCUT2D eigenvalue weighted by Crippen LogP contribution is -2.31. The van der Waals surface area contributed by atoms with E-state index in [1.807, 2.05) is 0 Å². The maximum atomic E-state index is 11.0. The molecule has 0 aromatic heterocycles. The molecule has 17 heavy (non-hydrogen) atoms. The van der Waals surface area contributed by atoms with Crippen LogP contribution in [0.4, 0.5) is 0 Å². The Balaban J connectivity index is 2.13. The van der Waals surface area contributed by atoms with E-state index in [0.717, 1.165) is 32.4 Å².